The Morgan fingerprint density at radius 1 is 0.872 bits per heavy atom. The molecule has 0 aliphatic heterocycles. The summed E-state index contributed by atoms with van der Waals surface area (Å²) in [5.74, 6) is 2.98. The first-order valence-electron chi connectivity index (χ1n) is 16.4. The van der Waals surface area contributed by atoms with Gasteiger partial charge in [0, 0.05) is 12.5 Å². The monoisotopic (exact) mass is 537 g/mol. The molecule has 5 fully saturated rings. The van der Waals surface area contributed by atoms with E-state index in [9.17, 15) is 9.59 Å². The van der Waals surface area contributed by atoms with Crippen molar-refractivity contribution in [3.63, 3.8) is 0 Å². The number of nitrogens with one attached hydrogen (secondary N) is 1. The Morgan fingerprint density at radius 3 is 2.26 bits per heavy atom. The van der Waals surface area contributed by atoms with Crippen LogP contribution in [-0.2, 0) is 9.53 Å². The van der Waals surface area contributed by atoms with Gasteiger partial charge in [-0.2, -0.15) is 0 Å². The Bertz CT molecular complexity index is 1090. The summed E-state index contributed by atoms with van der Waals surface area (Å²) in [6, 6.07) is 0.166. The molecule has 0 bridgehead atoms. The van der Waals surface area contributed by atoms with Gasteiger partial charge >= 0.3 is 6.09 Å². The van der Waals surface area contributed by atoms with Crippen molar-refractivity contribution in [3.05, 3.63) is 11.1 Å². The molecule has 8 atom stereocenters. The third kappa shape index (κ3) is 3.88. The topological polar surface area (TPSA) is 55.4 Å². The van der Waals surface area contributed by atoms with E-state index >= 15 is 0 Å². The zero-order chi connectivity index (χ0) is 28.2. The van der Waals surface area contributed by atoms with Gasteiger partial charge in [0.15, 0.2) is 5.78 Å². The van der Waals surface area contributed by atoms with E-state index in [2.05, 4.69) is 60.7 Å². The fourth-order valence-electron chi connectivity index (χ4n) is 11.8. The molecule has 4 heteroatoms. The number of alkyl carbamates (subject to hydrolysis) is 1. The number of carbonyl (C=O) groups is 2. The lowest BCUT2D eigenvalue weighted by Gasteiger charge is -2.72. The predicted octanol–water partition coefficient (Wildman–Crippen LogP) is 8.49. The first-order chi connectivity index (χ1) is 18.2. The van der Waals surface area contributed by atoms with Crippen LogP contribution in [0.2, 0.25) is 0 Å². The molecule has 1 amide bonds. The molecule has 0 aromatic rings. The summed E-state index contributed by atoms with van der Waals surface area (Å²) in [4.78, 5) is 26.4. The molecule has 0 spiro atoms. The van der Waals surface area contributed by atoms with Gasteiger partial charge in [-0.1, -0.05) is 61.0 Å². The van der Waals surface area contributed by atoms with Crippen molar-refractivity contribution in [2.75, 3.05) is 6.61 Å². The van der Waals surface area contributed by atoms with E-state index in [1.54, 1.807) is 5.57 Å². The molecule has 5 saturated carbocycles. The van der Waals surface area contributed by atoms with Gasteiger partial charge in [0.25, 0.3) is 0 Å². The number of amides is 1. The van der Waals surface area contributed by atoms with Crippen LogP contribution in [0.25, 0.3) is 0 Å². The summed E-state index contributed by atoms with van der Waals surface area (Å²) >= 11 is 0. The highest BCUT2D eigenvalue weighted by molar-refractivity contribution is 6.00. The molecule has 0 aromatic heterocycles. The summed E-state index contributed by atoms with van der Waals surface area (Å²) in [5.41, 5.74) is 3.50. The van der Waals surface area contributed by atoms with Gasteiger partial charge in [-0.25, -0.2) is 4.79 Å². The zero-order valence-electron chi connectivity index (χ0n) is 26.2. The maximum Gasteiger partial charge on any atom is 0.407 e. The zero-order valence-corrected chi connectivity index (χ0v) is 26.2. The Balaban J connectivity index is 1.37. The SMILES string of the molecule is CC(C)C1=C2[C@H]3CC[C@@H]4[C@@]5(C)C(NC(=O)OCC6CC6)CCC(C)(C)[C@@H]5CC[C@@]4(C)[C@]3(C)CC[C@@]2(C)CC1=O. The minimum absolute atomic E-state index is 0.0445. The molecule has 4 nitrogen and oxygen atoms in total. The van der Waals surface area contributed by atoms with Crippen molar-refractivity contribution in [1.29, 1.82) is 0 Å². The molecule has 1 unspecified atom stereocenters. The van der Waals surface area contributed by atoms with E-state index in [0.29, 0.717) is 42.0 Å². The first kappa shape index (κ1) is 27.8. The summed E-state index contributed by atoms with van der Waals surface area (Å²) in [5, 5.41) is 3.47. The number of hydrogen-bond acceptors (Lipinski definition) is 3. The van der Waals surface area contributed by atoms with Gasteiger partial charge in [0.2, 0.25) is 0 Å². The second kappa shape index (κ2) is 8.84. The fourth-order valence-corrected chi connectivity index (χ4v) is 11.8. The highest BCUT2D eigenvalue weighted by Crippen LogP contribution is 2.76. The van der Waals surface area contributed by atoms with Gasteiger partial charge in [-0.3, -0.25) is 4.79 Å². The number of Topliss-reactive ketones (excluding diaryl/α,β-unsaturated/α-hetero) is 1. The molecule has 6 rings (SSSR count). The molecule has 6 aliphatic carbocycles. The second-order valence-electron chi connectivity index (χ2n) is 16.9. The lowest BCUT2D eigenvalue weighted by atomic mass is 9.32. The highest BCUT2D eigenvalue weighted by Gasteiger charge is 2.70. The van der Waals surface area contributed by atoms with Crippen molar-refractivity contribution in [3.8, 4) is 0 Å². The van der Waals surface area contributed by atoms with Crippen molar-refractivity contribution in [1.82, 2.24) is 5.32 Å². The summed E-state index contributed by atoms with van der Waals surface area (Å²) in [6.45, 7) is 20.2. The van der Waals surface area contributed by atoms with Crippen LogP contribution < -0.4 is 5.32 Å². The Kier molecular flexibility index (Phi) is 6.31. The Morgan fingerprint density at radius 2 is 1.59 bits per heavy atom. The number of allylic oxidation sites excluding steroid dienone is 2. The molecular formula is C35H55NO3. The van der Waals surface area contributed by atoms with E-state index in [4.69, 9.17) is 4.74 Å². The average molecular weight is 538 g/mol. The maximum atomic E-state index is 13.4. The van der Waals surface area contributed by atoms with Gasteiger partial charge in [0.05, 0.1) is 6.61 Å². The van der Waals surface area contributed by atoms with E-state index in [1.807, 2.05) is 0 Å². The number of ketones is 1. The van der Waals surface area contributed by atoms with Gasteiger partial charge in [-0.15, -0.1) is 0 Å². The van der Waals surface area contributed by atoms with Crippen LogP contribution in [0.1, 0.15) is 126 Å². The molecule has 0 heterocycles. The lowest BCUT2D eigenvalue weighted by molar-refractivity contribution is -0.219. The average Bonchev–Trinajstić information content (AvgIpc) is 3.62. The second-order valence-corrected chi connectivity index (χ2v) is 16.9. The number of ether oxygens (including phenoxy) is 1. The molecule has 0 saturated heterocycles. The Hall–Kier alpha value is -1.32. The maximum absolute atomic E-state index is 13.4. The minimum atomic E-state index is -0.191. The van der Waals surface area contributed by atoms with E-state index in [1.165, 1.54) is 50.5 Å². The molecule has 0 aromatic carbocycles. The van der Waals surface area contributed by atoms with E-state index in [0.717, 1.165) is 25.7 Å². The van der Waals surface area contributed by atoms with Gasteiger partial charge in [0.1, 0.15) is 0 Å². The van der Waals surface area contributed by atoms with Crippen LogP contribution in [-0.4, -0.2) is 24.5 Å². The number of carbonyl (C=O) groups excluding carboxylic acids is 2. The third-order valence-corrected chi connectivity index (χ3v) is 14.2. The quantitative estimate of drug-likeness (QED) is 0.391. The fraction of sp³-hybridized carbons (Fsp3) is 0.886. The lowest BCUT2D eigenvalue weighted by Crippen LogP contribution is -2.69. The summed E-state index contributed by atoms with van der Waals surface area (Å²) in [6.07, 6.45) is 12.4. The van der Waals surface area contributed by atoms with E-state index < -0.39 is 0 Å². The van der Waals surface area contributed by atoms with Crippen LogP contribution in [0.5, 0.6) is 0 Å². The van der Waals surface area contributed by atoms with Crippen LogP contribution in [0, 0.1) is 56.7 Å². The third-order valence-electron chi connectivity index (χ3n) is 14.2. The first-order valence-corrected chi connectivity index (χ1v) is 16.4. The highest BCUT2D eigenvalue weighted by atomic mass is 16.5. The largest absolute Gasteiger partial charge is 0.449 e. The molecule has 1 N–H and O–H groups in total. The number of fused-ring (bicyclic) bond motifs is 7. The van der Waals surface area contributed by atoms with Crippen molar-refractivity contribution >= 4 is 11.9 Å². The van der Waals surface area contributed by atoms with Crippen LogP contribution in [0.4, 0.5) is 4.79 Å². The number of hydrogen-bond donors (Lipinski definition) is 1. The van der Waals surface area contributed by atoms with Gasteiger partial charge < -0.3 is 10.1 Å². The molecule has 6 aliphatic rings. The van der Waals surface area contributed by atoms with Crippen molar-refractivity contribution in [2.45, 2.75) is 132 Å². The van der Waals surface area contributed by atoms with Crippen LogP contribution in [0.15, 0.2) is 11.1 Å². The molecular weight excluding hydrogens is 482 g/mol. The summed E-state index contributed by atoms with van der Waals surface area (Å²) < 4.78 is 5.73. The van der Waals surface area contributed by atoms with E-state index in [-0.39, 0.29) is 39.2 Å². The van der Waals surface area contributed by atoms with Crippen LogP contribution >= 0.6 is 0 Å². The molecule has 218 valence electrons. The minimum Gasteiger partial charge on any atom is -0.449 e. The smallest absolute Gasteiger partial charge is 0.407 e. The van der Waals surface area contributed by atoms with Crippen LogP contribution in [0.3, 0.4) is 0 Å². The van der Waals surface area contributed by atoms with Gasteiger partial charge in [-0.05, 0) is 126 Å². The standard InChI is InChI=1S/C35H55NO3/c1-21(2)28-24(37)19-32(5)17-18-33(6)23(29(28)32)11-12-26-34(33,7)16-13-25-31(3,4)15-14-27(35(25,26)8)36-30(38)39-20-22-9-10-22/h21-23,25-27H,9-20H2,1-8H3,(H,36,38)/t23-,25+,26+,27?,32+,33-,34-,35+/m1/s1. The number of rotatable bonds is 4. The predicted molar refractivity (Wildman–Crippen MR) is 156 cm³/mol. The Labute approximate surface area is 237 Å². The van der Waals surface area contributed by atoms with Crippen molar-refractivity contribution < 1.29 is 14.3 Å². The molecule has 0 radical (unpaired) electrons. The molecule has 39 heavy (non-hydrogen) atoms. The normalized spacial score (nSPS) is 46.7. The summed E-state index contributed by atoms with van der Waals surface area (Å²) in [7, 11) is 0. The van der Waals surface area contributed by atoms with Crippen molar-refractivity contribution in [2.24, 2.45) is 56.7 Å².